The molecular weight excluding hydrogens is 193 g/mol. The predicted molar refractivity (Wildman–Crippen MR) is 49.0 cm³/mol. The van der Waals surface area contributed by atoms with Crippen molar-refractivity contribution in [2.75, 3.05) is 0 Å². The molecule has 70 valence electrons. The molecule has 1 heterocycles. The predicted octanol–water partition coefficient (Wildman–Crippen LogP) is 2.48. The Balaban J connectivity index is 3.03. The van der Waals surface area contributed by atoms with E-state index in [4.69, 9.17) is 11.6 Å². The lowest BCUT2D eigenvalue weighted by Crippen LogP contribution is -2.01. The summed E-state index contributed by atoms with van der Waals surface area (Å²) in [6.07, 6.45) is 0.0854. The number of rotatable bonds is 2. The van der Waals surface area contributed by atoms with E-state index in [0.717, 1.165) is 6.20 Å². The van der Waals surface area contributed by atoms with Gasteiger partial charge in [0.1, 0.15) is 6.10 Å². The number of aliphatic hydroxyl groups excluding tert-OH is 1. The number of aromatic nitrogens is 1. The molecule has 1 rings (SSSR count). The van der Waals surface area contributed by atoms with E-state index >= 15 is 0 Å². The van der Waals surface area contributed by atoms with Crippen molar-refractivity contribution in [2.24, 2.45) is 0 Å². The molecule has 13 heavy (non-hydrogen) atoms. The van der Waals surface area contributed by atoms with Crippen LogP contribution in [0, 0.1) is 5.82 Å². The maximum absolute atomic E-state index is 12.7. The van der Waals surface area contributed by atoms with Crippen LogP contribution in [0.15, 0.2) is 24.4 Å². The molecule has 1 aromatic heterocycles. The van der Waals surface area contributed by atoms with Crippen molar-refractivity contribution in [3.8, 4) is 0 Å². The standard InChI is InChI=1S/C9H9ClFNO/c1-5(2)9(13)8-3-6(10)7(11)4-12-8/h3-4,9,13H,1H2,2H3. The second-order valence-electron chi connectivity index (χ2n) is 2.77. The van der Waals surface area contributed by atoms with E-state index in [0.29, 0.717) is 11.3 Å². The van der Waals surface area contributed by atoms with Crippen LogP contribution in [0.1, 0.15) is 18.7 Å². The molecule has 2 nitrogen and oxygen atoms in total. The summed E-state index contributed by atoms with van der Waals surface area (Å²) < 4.78 is 12.7. The van der Waals surface area contributed by atoms with Crippen LogP contribution in [0.4, 0.5) is 4.39 Å². The van der Waals surface area contributed by atoms with E-state index in [1.54, 1.807) is 6.92 Å². The number of hydrogen-bond donors (Lipinski definition) is 1. The number of pyridine rings is 1. The first-order valence-corrected chi connectivity index (χ1v) is 4.04. The smallest absolute Gasteiger partial charge is 0.160 e. The van der Waals surface area contributed by atoms with Gasteiger partial charge in [-0.15, -0.1) is 0 Å². The number of nitrogens with zero attached hydrogens (tertiary/aromatic N) is 1. The normalized spacial score (nSPS) is 12.6. The van der Waals surface area contributed by atoms with Crippen LogP contribution in [0.3, 0.4) is 0 Å². The molecule has 0 radical (unpaired) electrons. The van der Waals surface area contributed by atoms with Crippen LogP contribution in [0.5, 0.6) is 0 Å². The fourth-order valence-electron chi connectivity index (χ4n) is 0.831. The molecule has 0 aliphatic carbocycles. The highest BCUT2D eigenvalue weighted by Gasteiger charge is 2.11. The maximum atomic E-state index is 12.7. The molecular formula is C9H9ClFNO. The Hall–Kier alpha value is -0.930. The molecule has 4 heteroatoms. The molecule has 0 spiro atoms. The molecule has 0 aromatic carbocycles. The first-order chi connectivity index (χ1) is 6.02. The van der Waals surface area contributed by atoms with Crippen LogP contribution >= 0.6 is 11.6 Å². The average Bonchev–Trinajstić information content (AvgIpc) is 2.08. The number of aliphatic hydroxyl groups is 1. The molecule has 1 atom stereocenters. The van der Waals surface area contributed by atoms with Gasteiger partial charge in [-0.05, 0) is 18.6 Å². The van der Waals surface area contributed by atoms with Gasteiger partial charge >= 0.3 is 0 Å². The summed E-state index contributed by atoms with van der Waals surface area (Å²) in [5.74, 6) is -0.598. The van der Waals surface area contributed by atoms with Crippen molar-refractivity contribution < 1.29 is 9.50 Å². The molecule has 0 saturated heterocycles. The molecule has 0 amide bonds. The Bertz CT molecular complexity index is 340. The third-order valence-electron chi connectivity index (χ3n) is 1.58. The van der Waals surface area contributed by atoms with Gasteiger partial charge in [-0.3, -0.25) is 4.98 Å². The van der Waals surface area contributed by atoms with Gasteiger partial charge in [0.05, 0.1) is 16.9 Å². The monoisotopic (exact) mass is 201 g/mol. The Morgan fingerprint density at radius 1 is 1.77 bits per heavy atom. The lowest BCUT2D eigenvalue weighted by atomic mass is 10.1. The second-order valence-corrected chi connectivity index (χ2v) is 3.18. The highest BCUT2D eigenvalue weighted by atomic mass is 35.5. The Morgan fingerprint density at radius 3 is 2.85 bits per heavy atom. The van der Waals surface area contributed by atoms with Crippen LogP contribution in [0.25, 0.3) is 0 Å². The fraction of sp³-hybridized carbons (Fsp3) is 0.222. The van der Waals surface area contributed by atoms with E-state index in [-0.39, 0.29) is 5.02 Å². The zero-order valence-corrected chi connectivity index (χ0v) is 7.85. The van der Waals surface area contributed by atoms with Crippen molar-refractivity contribution >= 4 is 11.6 Å². The van der Waals surface area contributed by atoms with Crippen molar-refractivity contribution in [3.63, 3.8) is 0 Å². The Kier molecular flexibility index (Phi) is 3.01. The lowest BCUT2D eigenvalue weighted by Gasteiger charge is -2.09. The van der Waals surface area contributed by atoms with E-state index < -0.39 is 11.9 Å². The summed E-state index contributed by atoms with van der Waals surface area (Å²) >= 11 is 5.51. The highest BCUT2D eigenvalue weighted by molar-refractivity contribution is 6.30. The molecule has 1 aromatic rings. The van der Waals surface area contributed by atoms with Crippen molar-refractivity contribution in [2.45, 2.75) is 13.0 Å². The minimum absolute atomic E-state index is 0.0506. The van der Waals surface area contributed by atoms with Gasteiger partial charge in [0, 0.05) is 0 Å². The van der Waals surface area contributed by atoms with Gasteiger partial charge in [-0.2, -0.15) is 0 Å². The minimum Gasteiger partial charge on any atom is -0.382 e. The Morgan fingerprint density at radius 2 is 2.38 bits per heavy atom. The van der Waals surface area contributed by atoms with Gasteiger partial charge in [0.2, 0.25) is 0 Å². The molecule has 0 fully saturated rings. The summed E-state index contributed by atoms with van der Waals surface area (Å²) in [7, 11) is 0. The third-order valence-corrected chi connectivity index (χ3v) is 1.87. The van der Waals surface area contributed by atoms with Gasteiger partial charge < -0.3 is 5.11 Å². The lowest BCUT2D eigenvalue weighted by molar-refractivity contribution is 0.211. The molecule has 1 unspecified atom stereocenters. The van der Waals surface area contributed by atoms with Crippen molar-refractivity contribution in [1.82, 2.24) is 4.98 Å². The topological polar surface area (TPSA) is 33.1 Å². The van der Waals surface area contributed by atoms with Crippen LogP contribution in [-0.4, -0.2) is 10.1 Å². The second kappa shape index (κ2) is 3.85. The highest BCUT2D eigenvalue weighted by Crippen LogP contribution is 2.21. The minimum atomic E-state index is -0.891. The maximum Gasteiger partial charge on any atom is 0.160 e. The van der Waals surface area contributed by atoms with Crippen LogP contribution in [0.2, 0.25) is 5.02 Å². The van der Waals surface area contributed by atoms with Gasteiger partial charge in [0.25, 0.3) is 0 Å². The summed E-state index contributed by atoms with van der Waals surface area (Å²) in [5.41, 5.74) is 0.842. The summed E-state index contributed by atoms with van der Waals surface area (Å²) in [6.45, 7) is 5.21. The molecule has 0 aliphatic heterocycles. The Labute approximate surface area is 80.7 Å². The molecule has 0 aliphatic rings. The van der Waals surface area contributed by atoms with Gasteiger partial charge in [-0.1, -0.05) is 18.2 Å². The molecule has 1 N–H and O–H groups in total. The molecule has 0 bridgehead atoms. The van der Waals surface area contributed by atoms with E-state index in [1.807, 2.05) is 0 Å². The first kappa shape index (κ1) is 10.2. The quantitative estimate of drug-likeness (QED) is 0.746. The average molecular weight is 202 g/mol. The third kappa shape index (κ3) is 2.26. The van der Waals surface area contributed by atoms with E-state index in [1.165, 1.54) is 6.07 Å². The van der Waals surface area contributed by atoms with Crippen LogP contribution < -0.4 is 0 Å². The molecule has 0 saturated carbocycles. The number of halogens is 2. The summed E-state index contributed by atoms with van der Waals surface area (Å²) in [4.78, 5) is 3.69. The summed E-state index contributed by atoms with van der Waals surface area (Å²) in [6, 6.07) is 1.29. The zero-order valence-electron chi connectivity index (χ0n) is 7.09. The van der Waals surface area contributed by atoms with Crippen molar-refractivity contribution in [1.29, 1.82) is 0 Å². The first-order valence-electron chi connectivity index (χ1n) is 3.66. The SMILES string of the molecule is C=C(C)C(O)c1cc(Cl)c(F)cn1. The summed E-state index contributed by atoms with van der Waals surface area (Å²) in [5, 5.41) is 9.42. The number of hydrogen-bond acceptors (Lipinski definition) is 2. The van der Waals surface area contributed by atoms with Crippen LogP contribution in [-0.2, 0) is 0 Å². The van der Waals surface area contributed by atoms with E-state index in [2.05, 4.69) is 11.6 Å². The fourth-order valence-corrected chi connectivity index (χ4v) is 0.991. The zero-order chi connectivity index (χ0) is 10.0. The van der Waals surface area contributed by atoms with E-state index in [9.17, 15) is 9.50 Å². The van der Waals surface area contributed by atoms with Gasteiger partial charge in [0.15, 0.2) is 5.82 Å². The van der Waals surface area contributed by atoms with Crippen molar-refractivity contribution in [3.05, 3.63) is 40.9 Å². The largest absolute Gasteiger partial charge is 0.382 e. The van der Waals surface area contributed by atoms with Gasteiger partial charge in [-0.25, -0.2) is 4.39 Å².